The topological polar surface area (TPSA) is 107 Å². The molecule has 0 aliphatic rings. The summed E-state index contributed by atoms with van der Waals surface area (Å²) in [5.74, 6) is -0.637. The van der Waals surface area contributed by atoms with Gasteiger partial charge in [0.25, 0.3) is 0 Å². The van der Waals surface area contributed by atoms with Crippen LogP contribution in [0.1, 0.15) is 5.56 Å². The van der Waals surface area contributed by atoms with Crippen LogP contribution in [0.4, 0.5) is 4.79 Å². The first-order valence-corrected chi connectivity index (χ1v) is 6.04. The van der Waals surface area contributed by atoms with Crippen molar-refractivity contribution in [3.63, 3.8) is 0 Å². The zero-order valence-electron chi connectivity index (χ0n) is 10.3. The van der Waals surface area contributed by atoms with Crippen molar-refractivity contribution < 1.29 is 14.3 Å². The zero-order chi connectivity index (χ0) is 14.3. The number of ether oxygens (including phenoxy) is 1. The van der Waals surface area contributed by atoms with Crippen LogP contribution in [-0.2, 0) is 16.0 Å². The molecule has 0 fully saturated rings. The van der Waals surface area contributed by atoms with Gasteiger partial charge in [0.05, 0.1) is 6.54 Å². The minimum Gasteiger partial charge on any atom is -0.448 e. The zero-order valence-corrected chi connectivity index (χ0v) is 11.0. The van der Waals surface area contributed by atoms with Gasteiger partial charge in [0.2, 0.25) is 5.91 Å². The van der Waals surface area contributed by atoms with E-state index in [-0.39, 0.29) is 19.2 Å². The van der Waals surface area contributed by atoms with Crippen molar-refractivity contribution in [1.82, 2.24) is 5.32 Å². The molecule has 1 rings (SSSR count). The summed E-state index contributed by atoms with van der Waals surface area (Å²) in [7, 11) is 0. The monoisotopic (exact) mass is 285 g/mol. The molecule has 0 bridgehead atoms. The first-order chi connectivity index (χ1) is 8.97. The van der Waals surface area contributed by atoms with E-state index in [9.17, 15) is 9.59 Å². The molecule has 0 aromatic heterocycles. The first-order valence-electron chi connectivity index (χ1n) is 5.66. The molecule has 1 atom stereocenters. The molecule has 1 aromatic carbocycles. The summed E-state index contributed by atoms with van der Waals surface area (Å²) in [5.41, 5.74) is 11.7. The summed E-state index contributed by atoms with van der Waals surface area (Å²) in [5, 5.41) is 2.85. The van der Waals surface area contributed by atoms with Crippen molar-refractivity contribution in [2.24, 2.45) is 11.5 Å². The van der Waals surface area contributed by atoms with E-state index in [0.29, 0.717) is 11.4 Å². The van der Waals surface area contributed by atoms with Crippen LogP contribution in [0.25, 0.3) is 0 Å². The Morgan fingerprint density at radius 3 is 2.53 bits per heavy atom. The van der Waals surface area contributed by atoms with Gasteiger partial charge in [-0.2, -0.15) is 0 Å². The molecule has 6 nitrogen and oxygen atoms in total. The molecular weight excluding hydrogens is 270 g/mol. The number of nitrogens with two attached hydrogens (primary N) is 2. The minimum absolute atomic E-state index is 0.0488. The van der Waals surface area contributed by atoms with Crippen molar-refractivity contribution in [3.8, 4) is 0 Å². The van der Waals surface area contributed by atoms with Crippen molar-refractivity contribution in [2.45, 2.75) is 12.5 Å². The fourth-order valence-electron chi connectivity index (χ4n) is 1.38. The molecule has 19 heavy (non-hydrogen) atoms. The van der Waals surface area contributed by atoms with Crippen molar-refractivity contribution in [1.29, 1.82) is 0 Å². The molecule has 0 heterocycles. The summed E-state index contributed by atoms with van der Waals surface area (Å²) in [6, 6.07) is 6.92. The largest absolute Gasteiger partial charge is 0.448 e. The van der Waals surface area contributed by atoms with Crippen LogP contribution in [0.2, 0.25) is 5.02 Å². The third-order valence-electron chi connectivity index (χ3n) is 2.25. The fraction of sp³-hybridized carbons (Fsp3) is 0.333. The van der Waals surface area contributed by atoms with Gasteiger partial charge in [-0.1, -0.05) is 23.7 Å². The van der Waals surface area contributed by atoms with E-state index in [2.05, 4.69) is 5.32 Å². The average Bonchev–Trinajstić information content (AvgIpc) is 2.36. The maximum absolute atomic E-state index is 11.1. The smallest absolute Gasteiger partial charge is 0.407 e. The molecule has 0 saturated carbocycles. The van der Waals surface area contributed by atoms with Crippen LogP contribution in [0, 0.1) is 0 Å². The second-order valence-corrected chi connectivity index (χ2v) is 4.45. The summed E-state index contributed by atoms with van der Waals surface area (Å²) in [4.78, 5) is 21.6. The summed E-state index contributed by atoms with van der Waals surface area (Å²) in [6.07, 6.45) is -0.161. The molecule has 1 aromatic rings. The van der Waals surface area contributed by atoms with Gasteiger partial charge in [-0.3, -0.25) is 4.79 Å². The highest BCUT2D eigenvalue weighted by Gasteiger charge is 2.09. The van der Waals surface area contributed by atoms with E-state index in [4.69, 9.17) is 27.8 Å². The maximum Gasteiger partial charge on any atom is 0.407 e. The number of hydrogen-bond donors (Lipinski definition) is 3. The van der Waals surface area contributed by atoms with Gasteiger partial charge >= 0.3 is 6.09 Å². The van der Waals surface area contributed by atoms with Crippen LogP contribution >= 0.6 is 11.6 Å². The van der Waals surface area contributed by atoms with Crippen LogP contribution < -0.4 is 16.8 Å². The van der Waals surface area contributed by atoms with Gasteiger partial charge < -0.3 is 21.5 Å². The van der Waals surface area contributed by atoms with Gasteiger partial charge in [0, 0.05) is 11.1 Å². The highest BCUT2D eigenvalue weighted by Crippen LogP contribution is 2.10. The molecule has 0 aliphatic heterocycles. The predicted molar refractivity (Wildman–Crippen MR) is 71.7 cm³/mol. The summed E-state index contributed by atoms with van der Waals surface area (Å²) < 4.78 is 4.84. The van der Waals surface area contributed by atoms with Gasteiger partial charge in [-0.15, -0.1) is 0 Å². The van der Waals surface area contributed by atoms with Gasteiger partial charge in [0.1, 0.15) is 6.61 Å². The number of primary amides is 1. The van der Waals surface area contributed by atoms with Crippen molar-refractivity contribution in [2.75, 3.05) is 13.2 Å². The highest BCUT2D eigenvalue weighted by atomic mass is 35.5. The lowest BCUT2D eigenvalue weighted by Gasteiger charge is -2.12. The Kier molecular flexibility index (Phi) is 6.11. The Morgan fingerprint density at radius 1 is 1.32 bits per heavy atom. The fourth-order valence-corrected chi connectivity index (χ4v) is 1.50. The SMILES string of the molecule is NC(=O)CNC(=O)OCC(N)Cc1ccc(Cl)cc1. The van der Waals surface area contributed by atoms with Gasteiger partial charge in [-0.05, 0) is 24.1 Å². The van der Waals surface area contributed by atoms with E-state index in [1.165, 1.54) is 0 Å². The third-order valence-corrected chi connectivity index (χ3v) is 2.50. The third kappa shape index (κ3) is 6.64. The van der Waals surface area contributed by atoms with Crippen LogP contribution in [0.15, 0.2) is 24.3 Å². The highest BCUT2D eigenvalue weighted by molar-refractivity contribution is 6.30. The number of benzene rings is 1. The number of amides is 2. The number of nitrogens with one attached hydrogen (secondary N) is 1. The van der Waals surface area contributed by atoms with E-state index >= 15 is 0 Å². The second-order valence-electron chi connectivity index (χ2n) is 4.01. The lowest BCUT2D eigenvalue weighted by atomic mass is 10.1. The number of hydrogen-bond acceptors (Lipinski definition) is 4. The quantitative estimate of drug-likeness (QED) is 0.704. The maximum atomic E-state index is 11.1. The molecule has 0 spiro atoms. The second kappa shape index (κ2) is 7.60. The number of carbonyl (C=O) groups is 2. The number of halogens is 1. The molecule has 7 heteroatoms. The molecule has 1 unspecified atom stereocenters. The molecule has 0 saturated heterocycles. The lowest BCUT2D eigenvalue weighted by molar-refractivity contribution is -0.117. The Balaban J connectivity index is 2.27. The number of rotatable bonds is 6. The average molecular weight is 286 g/mol. The van der Waals surface area contributed by atoms with E-state index in [1.54, 1.807) is 12.1 Å². The number of carbonyl (C=O) groups excluding carboxylic acids is 2. The minimum atomic E-state index is -0.717. The summed E-state index contributed by atoms with van der Waals surface area (Å²) in [6.45, 7) is -0.210. The van der Waals surface area contributed by atoms with Crippen molar-refractivity contribution >= 4 is 23.6 Å². The molecular formula is C12H16ClN3O3. The Bertz CT molecular complexity index is 436. The van der Waals surface area contributed by atoms with Crippen LogP contribution in [0.5, 0.6) is 0 Å². The lowest BCUT2D eigenvalue weighted by Crippen LogP contribution is -2.37. The Hall–Kier alpha value is -1.79. The van der Waals surface area contributed by atoms with E-state index < -0.39 is 12.0 Å². The van der Waals surface area contributed by atoms with Gasteiger partial charge in [-0.25, -0.2) is 4.79 Å². The standard InChI is InChI=1S/C12H16ClN3O3/c13-9-3-1-8(2-4-9)5-10(14)7-19-12(18)16-6-11(15)17/h1-4,10H,5-7,14H2,(H2,15,17)(H,16,18). The first kappa shape index (κ1) is 15.3. The van der Waals surface area contributed by atoms with E-state index in [1.807, 2.05) is 12.1 Å². The van der Waals surface area contributed by atoms with Gasteiger partial charge in [0.15, 0.2) is 0 Å². The number of alkyl carbamates (subject to hydrolysis) is 1. The van der Waals surface area contributed by atoms with Crippen LogP contribution in [-0.4, -0.2) is 31.2 Å². The Labute approximate surface area is 116 Å². The molecule has 2 amide bonds. The molecule has 0 aliphatic carbocycles. The Morgan fingerprint density at radius 2 is 1.95 bits per heavy atom. The molecule has 5 N–H and O–H groups in total. The molecule has 0 radical (unpaired) electrons. The van der Waals surface area contributed by atoms with Crippen molar-refractivity contribution in [3.05, 3.63) is 34.9 Å². The summed E-state index contributed by atoms with van der Waals surface area (Å²) >= 11 is 5.76. The molecule has 104 valence electrons. The van der Waals surface area contributed by atoms with E-state index in [0.717, 1.165) is 5.56 Å². The van der Waals surface area contributed by atoms with Crippen LogP contribution in [0.3, 0.4) is 0 Å². The predicted octanol–water partition coefficient (Wildman–Crippen LogP) is 0.421. The normalized spacial score (nSPS) is 11.7.